The van der Waals surface area contributed by atoms with Crippen molar-refractivity contribution in [2.75, 3.05) is 0 Å². The molecule has 1 aromatic heterocycles. The highest BCUT2D eigenvalue weighted by Gasteiger charge is 2.19. The van der Waals surface area contributed by atoms with Crippen LogP contribution in [0, 0.1) is 5.92 Å². The number of urea groups is 1. The third kappa shape index (κ3) is 7.13. The first-order valence-electron chi connectivity index (χ1n) is 7.27. The van der Waals surface area contributed by atoms with Gasteiger partial charge in [-0.3, -0.25) is 4.79 Å². The molecule has 5 nitrogen and oxygen atoms in total. The maximum atomic E-state index is 12.1. The zero-order valence-corrected chi connectivity index (χ0v) is 13.7. The van der Waals surface area contributed by atoms with Crippen LogP contribution in [0.3, 0.4) is 0 Å². The minimum atomic E-state index is -0.617. The zero-order valence-electron chi connectivity index (χ0n) is 12.9. The van der Waals surface area contributed by atoms with Crippen LogP contribution in [0.1, 0.15) is 51.0 Å². The Morgan fingerprint density at radius 3 is 2.48 bits per heavy atom. The summed E-state index contributed by atoms with van der Waals surface area (Å²) < 4.78 is 0. The van der Waals surface area contributed by atoms with E-state index in [2.05, 4.69) is 24.5 Å². The molecule has 2 unspecified atom stereocenters. The molecular formula is C15H25N3O2S. The quantitative estimate of drug-likeness (QED) is 0.689. The van der Waals surface area contributed by atoms with Gasteiger partial charge >= 0.3 is 6.03 Å². The molecule has 6 heteroatoms. The molecule has 0 radical (unpaired) electrons. The van der Waals surface area contributed by atoms with Gasteiger partial charge < -0.3 is 16.4 Å². The molecule has 2 atom stereocenters. The van der Waals surface area contributed by atoms with Crippen LogP contribution in [0.15, 0.2) is 17.5 Å². The van der Waals surface area contributed by atoms with Crippen LogP contribution in [0.25, 0.3) is 0 Å². The fraction of sp³-hybridized carbons (Fsp3) is 0.600. The van der Waals surface area contributed by atoms with Gasteiger partial charge in [-0.15, -0.1) is 11.3 Å². The third-order valence-electron chi connectivity index (χ3n) is 3.18. The summed E-state index contributed by atoms with van der Waals surface area (Å²) in [7, 11) is 0. The van der Waals surface area contributed by atoms with E-state index in [4.69, 9.17) is 5.73 Å². The number of hydrogen-bond acceptors (Lipinski definition) is 3. The van der Waals surface area contributed by atoms with Crippen LogP contribution in [0.4, 0.5) is 4.79 Å². The van der Waals surface area contributed by atoms with Crippen molar-refractivity contribution >= 4 is 23.3 Å². The number of carbonyl (C=O) groups is 2. The molecule has 0 saturated heterocycles. The Balaban J connectivity index is 2.50. The number of primary amides is 1. The predicted molar refractivity (Wildman–Crippen MR) is 86.1 cm³/mol. The van der Waals surface area contributed by atoms with Crippen molar-refractivity contribution in [1.29, 1.82) is 0 Å². The number of nitrogens with two attached hydrogens (primary N) is 1. The number of carbonyl (C=O) groups excluding carboxylic acids is 2. The lowest BCUT2D eigenvalue weighted by molar-refractivity contribution is -0.122. The summed E-state index contributed by atoms with van der Waals surface area (Å²) in [5, 5.41) is 7.51. The number of amides is 3. The van der Waals surface area contributed by atoms with Gasteiger partial charge in [-0.1, -0.05) is 19.9 Å². The van der Waals surface area contributed by atoms with Gasteiger partial charge in [-0.25, -0.2) is 4.79 Å². The Hall–Kier alpha value is -1.56. The summed E-state index contributed by atoms with van der Waals surface area (Å²) in [6.07, 6.45) is 2.24. The van der Waals surface area contributed by atoms with Crippen LogP contribution < -0.4 is 16.4 Å². The van der Waals surface area contributed by atoms with E-state index in [1.165, 1.54) is 11.3 Å². The molecule has 0 aliphatic rings. The van der Waals surface area contributed by atoms with Crippen LogP contribution in [-0.2, 0) is 4.79 Å². The fourth-order valence-corrected chi connectivity index (χ4v) is 2.84. The van der Waals surface area contributed by atoms with Crippen LogP contribution >= 0.6 is 11.3 Å². The first-order chi connectivity index (χ1) is 9.88. The molecule has 1 heterocycles. The number of hydrogen-bond donors (Lipinski definition) is 3. The van der Waals surface area contributed by atoms with E-state index in [-0.39, 0.29) is 24.4 Å². The highest BCUT2D eigenvalue weighted by atomic mass is 32.1. The average molecular weight is 311 g/mol. The van der Waals surface area contributed by atoms with E-state index in [9.17, 15) is 9.59 Å². The van der Waals surface area contributed by atoms with Crippen molar-refractivity contribution < 1.29 is 9.59 Å². The summed E-state index contributed by atoms with van der Waals surface area (Å²) in [6.45, 7) is 6.33. The van der Waals surface area contributed by atoms with Gasteiger partial charge in [0.2, 0.25) is 5.91 Å². The summed E-state index contributed by atoms with van der Waals surface area (Å²) >= 11 is 1.50. The zero-order chi connectivity index (χ0) is 15.8. The molecule has 1 rings (SSSR count). The summed E-state index contributed by atoms with van der Waals surface area (Å²) in [4.78, 5) is 24.1. The molecule has 3 amide bonds. The molecule has 0 saturated carbocycles. The topological polar surface area (TPSA) is 84.2 Å². The predicted octanol–water partition coefficient (Wildman–Crippen LogP) is 2.79. The summed E-state index contributed by atoms with van der Waals surface area (Å²) in [6, 6.07) is 2.94. The summed E-state index contributed by atoms with van der Waals surface area (Å²) in [5.74, 6) is 0.554. The highest BCUT2D eigenvalue weighted by Crippen LogP contribution is 2.22. The Labute approximate surface area is 130 Å². The standard InChI is InChI=1S/C15H25N3O2S/c1-10(2)6-7-11(3)17-14(19)9-12(18-15(16)20)13-5-4-8-21-13/h4-5,8,10-12H,6-7,9H2,1-3H3,(H,17,19)(H3,16,18,20). The van der Waals surface area contributed by atoms with E-state index >= 15 is 0 Å². The largest absolute Gasteiger partial charge is 0.354 e. The van der Waals surface area contributed by atoms with Gasteiger partial charge in [-0.2, -0.15) is 0 Å². The first kappa shape index (κ1) is 17.5. The molecule has 0 fully saturated rings. The number of thiophene rings is 1. The Morgan fingerprint density at radius 2 is 1.95 bits per heavy atom. The van der Waals surface area contributed by atoms with Crippen molar-refractivity contribution in [3.05, 3.63) is 22.4 Å². The van der Waals surface area contributed by atoms with E-state index in [0.717, 1.165) is 17.7 Å². The lowest BCUT2D eigenvalue weighted by Crippen LogP contribution is -2.38. The molecule has 4 N–H and O–H groups in total. The van der Waals surface area contributed by atoms with E-state index in [1.54, 1.807) is 0 Å². The minimum Gasteiger partial charge on any atom is -0.354 e. The van der Waals surface area contributed by atoms with Gasteiger partial charge in [0.25, 0.3) is 0 Å². The van der Waals surface area contributed by atoms with Gasteiger partial charge in [0, 0.05) is 10.9 Å². The van der Waals surface area contributed by atoms with Gasteiger partial charge in [0.1, 0.15) is 0 Å². The lowest BCUT2D eigenvalue weighted by Gasteiger charge is -2.19. The second-order valence-corrected chi connectivity index (χ2v) is 6.70. The molecule has 1 aromatic rings. The molecule has 0 aliphatic heterocycles. The average Bonchev–Trinajstić information content (AvgIpc) is 2.88. The minimum absolute atomic E-state index is 0.0709. The second-order valence-electron chi connectivity index (χ2n) is 5.72. The molecule has 0 aliphatic carbocycles. The Morgan fingerprint density at radius 1 is 1.24 bits per heavy atom. The molecule has 21 heavy (non-hydrogen) atoms. The van der Waals surface area contributed by atoms with Crippen LogP contribution in [-0.4, -0.2) is 18.0 Å². The lowest BCUT2D eigenvalue weighted by atomic mass is 10.0. The number of rotatable bonds is 8. The molecule has 0 bridgehead atoms. The van der Waals surface area contributed by atoms with Crippen molar-refractivity contribution in [3.8, 4) is 0 Å². The second kappa shape index (κ2) is 8.67. The first-order valence-corrected chi connectivity index (χ1v) is 8.15. The van der Waals surface area contributed by atoms with Gasteiger partial charge in [-0.05, 0) is 37.1 Å². The maximum Gasteiger partial charge on any atom is 0.312 e. The normalized spacial score (nSPS) is 13.7. The smallest absolute Gasteiger partial charge is 0.312 e. The molecule has 118 valence electrons. The molecular weight excluding hydrogens is 286 g/mol. The fourth-order valence-electron chi connectivity index (χ4n) is 2.06. The third-order valence-corrected chi connectivity index (χ3v) is 4.16. The summed E-state index contributed by atoms with van der Waals surface area (Å²) in [5.41, 5.74) is 5.18. The van der Waals surface area contributed by atoms with E-state index in [1.807, 2.05) is 24.4 Å². The Kier molecular flexibility index (Phi) is 7.22. The van der Waals surface area contributed by atoms with Crippen molar-refractivity contribution in [2.24, 2.45) is 11.7 Å². The van der Waals surface area contributed by atoms with Crippen molar-refractivity contribution in [1.82, 2.24) is 10.6 Å². The van der Waals surface area contributed by atoms with E-state index < -0.39 is 6.03 Å². The van der Waals surface area contributed by atoms with Gasteiger partial charge in [0.15, 0.2) is 0 Å². The molecule has 0 aromatic carbocycles. The number of nitrogens with one attached hydrogen (secondary N) is 2. The van der Waals surface area contributed by atoms with Crippen LogP contribution in [0.5, 0.6) is 0 Å². The molecule has 0 spiro atoms. The van der Waals surface area contributed by atoms with Gasteiger partial charge in [0.05, 0.1) is 12.5 Å². The van der Waals surface area contributed by atoms with Crippen molar-refractivity contribution in [2.45, 2.75) is 52.1 Å². The maximum absolute atomic E-state index is 12.1. The van der Waals surface area contributed by atoms with Crippen molar-refractivity contribution in [3.63, 3.8) is 0 Å². The Bertz CT molecular complexity index is 446. The monoisotopic (exact) mass is 311 g/mol. The highest BCUT2D eigenvalue weighted by molar-refractivity contribution is 7.10. The SMILES string of the molecule is CC(C)CCC(C)NC(=O)CC(NC(N)=O)c1cccs1. The van der Waals surface area contributed by atoms with Crippen LogP contribution in [0.2, 0.25) is 0 Å². The van der Waals surface area contributed by atoms with E-state index in [0.29, 0.717) is 5.92 Å².